The smallest absolute Gasteiger partial charge is 0.414 e. The first-order valence-corrected chi connectivity index (χ1v) is 8.82. The third kappa shape index (κ3) is 4.00. The van der Waals surface area contributed by atoms with Crippen molar-refractivity contribution < 1.29 is 13.9 Å². The van der Waals surface area contributed by atoms with Crippen LogP contribution in [0, 0.1) is 0 Å². The highest BCUT2D eigenvalue weighted by Gasteiger charge is 2.35. The van der Waals surface area contributed by atoms with Crippen molar-refractivity contribution in [2.75, 3.05) is 7.11 Å². The summed E-state index contributed by atoms with van der Waals surface area (Å²) in [6.45, 7) is 4.25. The number of aromatic nitrogens is 2. The Morgan fingerprint density at radius 3 is 2.11 bits per heavy atom. The van der Waals surface area contributed by atoms with Gasteiger partial charge in [0.05, 0.1) is 18.9 Å². The summed E-state index contributed by atoms with van der Waals surface area (Å²) in [5.74, 6) is -0.937. The topological polar surface area (TPSA) is 91.2 Å². The molecule has 1 amide bonds. The second-order valence-electron chi connectivity index (χ2n) is 6.70. The maximum Gasteiger partial charge on any atom is 0.414 e. The number of primary amides is 1. The molecule has 2 N–H and O–H groups in total. The minimum absolute atomic E-state index is 0.0457. The van der Waals surface area contributed by atoms with Crippen LogP contribution in [0.5, 0.6) is 6.08 Å². The van der Waals surface area contributed by atoms with Crippen molar-refractivity contribution in [3.63, 3.8) is 0 Å². The number of benzene rings is 2. The number of amides is 1. The highest BCUT2D eigenvalue weighted by Crippen LogP contribution is 2.38. The molecule has 0 radical (unpaired) electrons. The average molecular weight is 365 g/mol. The van der Waals surface area contributed by atoms with Crippen LogP contribution in [0.2, 0.25) is 0 Å². The van der Waals surface area contributed by atoms with Crippen LogP contribution < -0.4 is 10.5 Å². The Morgan fingerprint density at radius 2 is 1.59 bits per heavy atom. The van der Waals surface area contributed by atoms with Crippen LogP contribution in [0.15, 0.2) is 59.0 Å². The van der Waals surface area contributed by atoms with Crippen LogP contribution in [0.1, 0.15) is 54.2 Å². The van der Waals surface area contributed by atoms with Gasteiger partial charge in [-0.1, -0.05) is 73.5 Å². The van der Waals surface area contributed by atoms with E-state index in [1.54, 1.807) is 0 Å². The van der Waals surface area contributed by atoms with E-state index in [0.29, 0.717) is 5.92 Å². The molecule has 6 heteroatoms. The Balaban J connectivity index is 2.10. The molecule has 6 nitrogen and oxygen atoms in total. The van der Waals surface area contributed by atoms with Crippen LogP contribution in [-0.2, 0) is 4.79 Å². The number of methoxy groups -OCH3 is 1. The zero-order valence-corrected chi connectivity index (χ0v) is 15.6. The molecule has 3 rings (SSSR count). The van der Waals surface area contributed by atoms with Crippen molar-refractivity contribution in [2.45, 2.75) is 31.6 Å². The molecule has 1 unspecified atom stereocenters. The fourth-order valence-electron chi connectivity index (χ4n) is 3.18. The molecule has 2 atom stereocenters. The van der Waals surface area contributed by atoms with Gasteiger partial charge in [0.15, 0.2) is 0 Å². The minimum Gasteiger partial charge on any atom is -0.452 e. The van der Waals surface area contributed by atoms with Gasteiger partial charge in [0, 0.05) is 0 Å². The van der Waals surface area contributed by atoms with Gasteiger partial charge in [0.2, 0.25) is 11.8 Å². The molecule has 0 aliphatic heterocycles. The van der Waals surface area contributed by atoms with Crippen LogP contribution in [-0.4, -0.2) is 23.2 Å². The first-order chi connectivity index (χ1) is 13.0. The van der Waals surface area contributed by atoms with E-state index in [0.717, 1.165) is 11.1 Å². The van der Waals surface area contributed by atoms with E-state index in [-0.39, 0.29) is 12.0 Å². The van der Waals surface area contributed by atoms with Gasteiger partial charge in [-0.3, -0.25) is 4.79 Å². The zero-order chi connectivity index (χ0) is 19.4. The summed E-state index contributed by atoms with van der Waals surface area (Å²) in [5.41, 5.74) is 8.68. The van der Waals surface area contributed by atoms with Crippen molar-refractivity contribution in [3.8, 4) is 6.08 Å². The van der Waals surface area contributed by atoms with Gasteiger partial charge in [0.1, 0.15) is 0 Å². The first kappa shape index (κ1) is 18.6. The largest absolute Gasteiger partial charge is 0.452 e. The standard InChI is InChI=1S/C21H23N3O3/c1-13(2)14-9-11-16(12-10-14)17(19(22)25)18(15-7-5-4-6-8-15)20-23-24-21(26-3)27-20/h4-13,17-18H,1-3H3,(H2,22,25)/t17?,18-/m1/s1. The van der Waals surface area contributed by atoms with Crippen molar-refractivity contribution in [1.82, 2.24) is 10.2 Å². The molecular formula is C21H23N3O3. The Morgan fingerprint density at radius 1 is 0.963 bits per heavy atom. The number of carbonyl (C=O) groups excluding carboxylic acids is 1. The number of ether oxygens (including phenoxy) is 1. The number of rotatable bonds is 7. The Bertz CT molecular complexity index is 889. The molecule has 0 fully saturated rings. The van der Waals surface area contributed by atoms with Crippen molar-refractivity contribution >= 4 is 5.91 Å². The molecule has 27 heavy (non-hydrogen) atoms. The third-order valence-electron chi connectivity index (χ3n) is 4.62. The number of hydrogen-bond acceptors (Lipinski definition) is 5. The van der Waals surface area contributed by atoms with E-state index in [1.807, 2.05) is 54.6 Å². The summed E-state index contributed by atoms with van der Waals surface area (Å²) >= 11 is 0. The molecule has 0 bridgehead atoms. The molecule has 0 saturated carbocycles. The average Bonchev–Trinajstić information content (AvgIpc) is 3.15. The van der Waals surface area contributed by atoms with Gasteiger partial charge >= 0.3 is 6.08 Å². The Hall–Kier alpha value is -3.15. The summed E-state index contributed by atoms with van der Waals surface area (Å²) in [6, 6.07) is 17.5. The molecule has 3 aromatic rings. The maximum atomic E-state index is 12.5. The van der Waals surface area contributed by atoms with Crippen molar-refractivity contribution in [2.24, 2.45) is 5.73 Å². The molecule has 140 valence electrons. The van der Waals surface area contributed by atoms with E-state index >= 15 is 0 Å². The molecule has 1 heterocycles. The monoisotopic (exact) mass is 365 g/mol. The minimum atomic E-state index is -0.654. The second-order valence-corrected chi connectivity index (χ2v) is 6.70. The van der Waals surface area contributed by atoms with Gasteiger partial charge in [-0.2, -0.15) is 0 Å². The lowest BCUT2D eigenvalue weighted by molar-refractivity contribution is -0.119. The number of nitrogens with zero attached hydrogens (tertiary/aromatic N) is 2. The zero-order valence-electron chi connectivity index (χ0n) is 15.6. The van der Waals surface area contributed by atoms with Gasteiger partial charge < -0.3 is 14.9 Å². The summed E-state index contributed by atoms with van der Waals surface area (Å²) in [7, 11) is 1.45. The summed E-state index contributed by atoms with van der Waals surface area (Å²) in [6.07, 6.45) is 0.0457. The lowest BCUT2D eigenvalue weighted by Gasteiger charge is -2.23. The van der Waals surface area contributed by atoms with Crippen LogP contribution in [0.4, 0.5) is 0 Å². The van der Waals surface area contributed by atoms with Gasteiger partial charge in [-0.15, -0.1) is 5.10 Å². The van der Waals surface area contributed by atoms with E-state index < -0.39 is 17.7 Å². The number of carbonyl (C=O) groups is 1. The summed E-state index contributed by atoms with van der Waals surface area (Å²) in [5, 5.41) is 7.95. The molecule has 0 aliphatic carbocycles. The molecular weight excluding hydrogens is 342 g/mol. The predicted molar refractivity (Wildman–Crippen MR) is 102 cm³/mol. The third-order valence-corrected chi connectivity index (χ3v) is 4.62. The molecule has 2 aromatic carbocycles. The van der Waals surface area contributed by atoms with Crippen molar-refractivity contribution in [3.05, 3.63) is 77.2 Å². The normalized spacial score (nSPS) is 13.3. The van der Waals surface area contributed by atoms with Crippen LogP contribution in [0.3, 0.4) is 0 Å². The van der Waals surface area contributed by atoms with Gasteiger partial charge in [-0.25, -0.2) is 0 Å². The molecule has 0 spiro atoms. The first-order valence-electron chi connectivity index (χ1n) is 8.82. The fraction of sp³-hybridized carbons (Fsp3) is 0.286. The number of nitrogens with two attached hydrogens (primary N) is 1. The fourth-order valence-corrected chi connectivity index (χ4v) is 3.18. The Labute approximate surface area is 158 Å². The predicted octanol–water partition coefficient (Wildman–Crippen LogP) is 3.60. The van der Waals surface area contributed by atoms with Crippen molar-refractivity contribution in [1.29, 1.82) is 0 Å². The molecule has 1 aromatic heterocycles. The summed E-state index contributed by atoms with van der Waals surface area (Å²) in [4.78, 5) is 12.5. The van der Waals surface area contributed by atoms with E-state index in [1.165, 1.54) is 12.7 Å². The van der Waals surface area contributed by atoms with Gasteiger partial charge in [0.25, 0.3) is 0 Å². The van der Waals surface area contributed by atoms with Crippen LogP contribution >= 0.6 is 0 Å². The van der Waals surface area contributed by atoms with E-state index in [4.69, 9.17) is 14.9 Å². The highest BCUT2D eigenvalue weighted by molar-refractivity contribution is 5.83. The second kappa shape index (κ2) is 8.03. The maximum absolute atomic E-state index is 12.5. The highest BCUT2D eigenvalue weighted by atomic mass is 16.6. The SMILES string of the molecule is COc1nnc([C@H](c2ccccc2)C(C(N)=O)c2ccc(C(C)C)cc2)o1. The van der Waals surface area contributed by atoms with E-state index in [9.17, 15) is 4.79 Å². The lowest BCUT2D eigenvalue weighted by Crippen LogP contribution is -2.28. The molecule has 0 aliphatic rings. The van der Waals surface area contributed by atoms with E-state index in [2.05, 4.69) is 24.0 Å². The Kier molecular flexibility index (Phi) is 5.54. The number of hydrogen-bond donors (Lipinski definition) is 1. The quantitative estimate of drug-likeness (QED) is 0.691. The van der Waals surface area contributed by atoms with Crippen LogP contribution in [0.25, 0.3) is 0 Å². The lowest BCUT2D eigenvalue weighted by atomic mass is 9.80. The molecule has 0 saturated heterocycles. The summed E-state index contributed by atoms with van der Waals surface area (Å²) < 4.78 is 10.6. The van der Waals surface area contributed by atoms with Gasteiger partial charge in [-0.05, 0) is 22.6 Å².